The largest absolute Gasteiger partial charge is 0.492 e. The van der Waals surface area contributed by atoms with E-state index in [-0.39, 0.29) is 46.1 Å². The molecule has 0 amide bonds. The highest BCUT2D eigenvalue weighted by atomic mass is 16.6. The first-order valence-corrected chi connectivity index (χ1v) is 15.2. The van der Waals surface area contributed by atoms with Crippen LogP contribution in [0.25, 0.3) is 0 Å². The van der Waals surface area contributed by atoms with Crippen LogP contribution in [0.4, 0.5) is 0 Å². The Hall–Kier alpha value is -3.26. The van der Waals surface area contributed by atoms with Crippen LogP contribution in [0, 0.1) is 0 Å². The monoisotopic (exact) mass is 590 g/mol. The molecule has 0 radical (unpaired) electrons. The summed E-state index contributed by atoms with van der Waals surface area (Å²) in [6.45, 7) is 18.3. The van der Waals surface area contributed by atoms with Gasteiger partial charge >= 0.3 is 11.9 Å². The molecular weight excluding hydrogens is 536 g/mol. The predicted octanol–water partition coefficient (Wildman–Crippen LogP) is 7.68. The van der Waals surface area contributed by atoms with Crippen molar-refractivity contribution in [2.24, 2.45) is 0 Å². The van der Waals surface area contributed by atoms with Crippen molar-refractivity contribution in [3.63, 3.8) is 0 Å². The Morgan fingerprint density at radius 3 is 1.38 bits per heavy atom. The van der Waals surface area contributed by atoms with E-state index in [1.54, 1.807) is 12.2 Å². The fourth-order valence-corrected chi connectivity index (χ4v) is 3.27. The van der Waals surface area contributed by atoms with E-state index in [4.69, 9.17) is 28.4 Å². The van der Waals surface area contributed by atoms with Crippen LogP contribution in [0.3, 0.4) is 0 Å². The smallest absolute Gasteiger partial charge is 0.335 e. The fraction of sp³-hybridized carbons (Fsp3) is 0.588. The van der Waals surface area contributed by atoms with Gasteiger partial charge in [0.05, 0.1) is 13.0 Å². The first-order chi connectivity index (χ1) is 20.3. The zero-order valence-corrected chi connectivity index (χ0v) is 26.2. The quantitative estimate of drug-likeness (QED) is 0.0397. The van der Waals surface area contributed by atoms with Gasteiger partial charge in [0, 0.05) is 0 Å². The molecule has 0 saturated carbocycles. The van der Waals surface area contributed by atoms with Gasteiger partial charge in [0.15, 0.2) is 6.10 Å². The van der Waals surface area contributed by atoms with Crippen molar-refractivity contribution in [3.8, 4) is 0 Å². The van der Waals surface area contributed by atoms with Gasteiger partial charge in [0.25, 0.3) is 0 Å². The van der Waals surface area contributed by atoms with Crippen LogP contribution in [0.2, 0.25) is 0 Å². The van der Waals surface area contributed by atoms with Crippen LogP contribution in [0.1, 0.15) is 85.0 Å². The molecule has 42 heavy (non-hydrogen) atoms. The maximum Gasteiger partial charge on any atom is 0.335 e. The average Bonchev–Trinajstić information content (AvgIpc) is 2.97. The van der Waals surface area contributed by atoms with Crippen molar-refractivity contribution in [1.82, 2.24) is 0 Å². The summed E-state index contributed by atoms with van der Waals surface area (Å²) in [6, 6.07) is 0. The molecule has 1 unspecified atom stereocenters. The van der Waals surface area contributed by atoms with Crippen molar-refractivity contribution < 1.29 is 38.0 Å². The number of carbonyl (C=O) groups is 2. The molecule has 8 heteroatoms. The van der Waals surface area contributed by atoms with Crippen LogP contribution in [-0.4, -0.2) is 57.7 Å². The summed E-state index contributed by atoms with van der Waals surface area (Å²) in [5, 5.41) is 0. The minimum atomic E-state index is -1.16. The van der Waals surface area contributed by atoms with Crippen molar-refractivity contribution in [1.29, 1.82) is 0 Å². The van der Waals surface area contributed by atoms with Gasteiger partial charge in [-0.25, -0.2) is 4.79 Å². The highest BCUT2D eigenvalue weighted by molar-refractivity contribution is 5.81. The van der Waals surface area contributed by atoms with Gasteiger partial charge in [-0.15, -0.1) is 0 Å². The summed E-state index contributed by atoms with van der Waals surface area (Å²) in [5.41, 5.74) is 0. The lowest BCUT2D eigenvalue weighted by Gasteiger charge is -2.17. The van der Waals surface area contributed by atoms with Crippen LogP contribution in [-0.2, 0) is 38.0 Å². The maximum absolute atomic E-state index is 12.7. The van der Waals surface area contributed by atoms with Crippen molar-refractivity contribution in [2.45, 2.75) is 91.1 Å². The second-order valence-electron chi connectivity index (χ2n) is 9.53. The first kappa shape index (κ1) is 38.7. The molecule has 0 aromatic heterocycles. The van der Waals surface area contributed by atoms with Crippen LogP contribution in [0.15, 0.2) is 73.5 Å². The Balaban J connectivity index is 4.68. The summed E-state index contributed by atoms with van der Waals surface area (Å²) in [5.74, 6) is 0.169. The standard InChI is InChI=1S/C34H54O8/c1-7-10-13-16-19-29(4)37-22-25-40-32(34(36)42-27-24-39-31(6)21-18-15-12-9-3)28-33(35)41-26-23-38-30(5)20-17-14-11-8-2/h16-21,32H,4-15,22-28H2,1-3H3. The summed E-state index contributed by atoms with van der Waals surface area (Å²) in [4.78, 5) is 25.1. The van der Waals surface area contributed by atoms with Crippen molar-refractivity contribution in [2.75, 3.05) is 39.6 Å². The maximum atomic E-state index is 12.7. The number of rotatable bonds is 28. The lowest BCUT2D eigenvalue weighted by atomic mass is 10.2. The molecule has 0 rings (SSSR count). The highest BCUT2D eigenvalue weighted by Gasteiger charge is 2.25. The molecule has 0 aliphatic carbocycles. The third-order valence-corrected chi connectivity index (χ3v) is 5.64. The van der Waals surface area contributed by atoms with Gasteiger partial charge in [-0.2, -0.15) is 0 Å². The van der Waals surface area contributed by atoms with E-state index >= 15 is 0 Å². The summed E-state index contributed by atoms with van der Waals surface area (Å²) in [6.07, 6.45) is 19.4. The SMILES string of the molecule is C=C(C=CCCCC)OCCOC(=O)CC(OCCOC(=C)C=CCCCC)C(=O)OCCOC(=C)C=CCCCC. The normalized spacial score (nSPS) is 12.0. The van der Waals surface area contributed by atoms with Gasteiger partial charge in [-0.05, 0) is 37.5 Å². The number of unbranched alkanes of at least 4 members (excludes halogenated alkanes) is 6. The fourth-order valence-electron chi connectivity index (χ4n) is 3.27. The van der Waals surface area contributed by atoms with Gasteiger partial charge in [0.1, 0.15) is 50.3 Å². The van der Waals surface area contributed by atoms with E-state index in [0.717, 1.165) is 57.8 Å². The molecule has 0 aromatic carbocycles. The molecule has 0 aliphatic rings. The molecule has 1 atom stereocenters. The molecule has 238 valence electrons. The molecular formula is C34H54O8. The van der Waals surface area contributed by atoms with Gasteiger partial charge < -0.3 is 28.4 Å². The van der Waals surface area contributed by atoms with E-state index < -0.39 is 18.0 Å². The minimum absolute atomic E-state index is 0.0114. The molecule has 0 saturated heterocycles. The third kappa shape index (κ3) is 24.5. The molecule has 0 fully saturated rings. The van der Waals surface area contributed by atoms with Crippen molar-refractivity contribution >= 4 is 11.9 Å². The number of hydrogen-bond donors (Lipinski definition) is 0. The number of ether oxygens (including phenoxy) is 6. The molecule has 0 N–H and O–H groups in total. The van der Waals surface area contributed by atoms with E-state index in [1.165, 1.54) is 0 Å². The second kappa shape index (κ2) is 27.9. The molecule has 0 aliphatic heterocycles. The summed E-state index contributed by atoms with van der Waals surface area (Å²) in [7, 11) is 0. The summed E-state index contributed by atoms with van der Waals surface area (Å²) >= 11 is 0. The van der Waals surface area contributed by atoms with Crippen LogP contribution < -0.4 is 0 Å². The number of hydrogen-bond acceptors (Lipinski definition) is 8. The third-order valence-electron chi connectivity index (χ3n) is 5.64. The predicted molar refractivity (Wildman–Crippen MR) is 168 cm³/mol. The topological polar surface area (TPSA) is 89.5 Å². The lowest BCUT2D eigenvalue weighted by molar-refractivity contribution is -0.165. The van der Waals surface area contributed by atoms with Crippen molar-refractivity contribution in [3.05, 3.63) is 73.5 Å². The highest BCUT2D eigenvalue weighted by Crippen LogP contribution is 2.08. The zero-order valence-electron chi connectivity index (χ0n) is 26.2. The number of esters is 2. The Morgan fingerprint density at radius 2 is 0.952 bits per heavy atom. The number of carbonyl (C=O) groups excluding carboxylic acids is 2. The first-order valence-electron chi connectivity index (χ1n) is 15.2. The summed E-state index contributed by atoms with van der Waals surface area (Å²) < 4.78 is 32.6. The van der Waals surface area contributed by atoms with E-state index in [2.05, 4.69) is 40.5 Å². The Morgan fingerprint density at radius 1 is 0.571 bits per heavy atom. The van der Waals surface area contributed by atoms with E-state index in [1.807, 2.05) is 24.3 Å². The second-order valence-corrected chi connectivity index (χ2v) is 9.53. The zero-order chi connectivity index (χ0) is 31.3. The number of allylic oxidation sites excluding steroid dienone is 6. The van der Waals surface area contributed by atoms with Gasteiger partial charge in [0.2, 0.25) is 0 Å². The van der Waals surface area contributed by atoms with Crippen LogP contribution in [0.5, 0.6) is 0 Å². The Labute approximate surface area is 254 Å². The molecule has 0 aromatic rings. The van der Waals surface area contributed by atoms with Crippen LogP contribution >= 0.6 is 0 Å². The average molecular weight is 591 g/mol. The molecule has 0 heterocycles. The van der Waals surface area contributed by atoms with Gasteiger partial charge in [-0.1, -0.05) is 97.3 Å². The lowest BCUT2D eigenvalue weighted by Crippen LogP contribution is -2.32. The Bertz CT molecular complexity index is 856. The Kier molecular flexibility index (Phi) is 25.7. The molecule has 0 bridgehead atoms. The van der Waals surface area contributed by atoms with E-state index in [0.29, 0.717) is 17.3 Å². The van der Waals surface area contributed by atoms with E-state index in [9.17, 15) is 9.59 Å². The molecule has 8 nitrogen and oxygen atoms in total. The minimum Gasteiger partial charge on any atom is -0.492 e. The van der Waals surface area contributed by atoms with Gasteiger partial charge in [-0.3, -0.25) is 4.79 Å². The molecule has 0 spiro atoms.